The van der Waals surface area contributed by atoms with E-state index < -0.39 is 128 Å². The van der Waals surface area contributed by atoms with Crippen LogP contribution in [0.25, 0.3) is 22.3 Å². The number of aryl methyl sites for hydroxylation is 2. The average Bonchev–Trinajstić information content (AvgIpc) is 4.17. The van der Waals surface area contributed by atoms with Gasteiger partial charge in [0.1, 0.15) is 25.2 Å². The lowest BCUT2D eigenvalue weighted by Crippen LogP contribution is -2.52. The minimum absolute atomic E-state index is 0.000320. The molecule has 0 saturated carbocycles. The van der Waals surface area contributed by atoms with Crippen molar-refractivity contribution in [3.05, 3.63) is 110 Å². The van der Waals surface area contributed by atoms with Gasteiger partial charge in [-0.05, 0) is 80.2 Å². The number of fused-ring (bicyclic) bond motifs is 5. The van der Waals surface area contributed by atoms with Gasteiger partial charge in [0.25, 0.3) is 23.3 Å². The molecular weight excluding hydrogens is 1060 g/mol. The van der Waals surface area contributed by atoms with E-state index in [0.717, 1.165) is 16.5 Å². The van der Waals surface area contributed by atoms with Crippen LogP contribution in [0.15, 0.2) is 59.4 Å². The van der Waals surface area contributed by atoms with Crippen molar-refractivity contribution >= 4 is 64.1 Å². The summed E-state index contributed by atoms with van der Waals surface area (Å²) in [4.78, 5) is 134. The van der Waals surface area contributed by atoms with Crippen LogP contribution in [0.2, 0.25) is 0 Å². The molecule has 22 nitrogen and oxygen atoms in total. The Hall–Kier alpha value is -8.39. The SMILES string of the molecule is CC[C@@]1(O)C(=O)OCc2c1cc1n(c2=O)Cc2c-1nc1cc(F)c(C)c3c1c2[C@@H](NC(=O)[C@@H](OCNC(=O)CNC(=O)[C@H](CCc1ccccc1)NC(=O)CNC(=O)CNC(=O)CCCCCN1C(=O)C=CC1=O)C(F)(F)F)CC3. The summed E-state index contributed by atoms with van der Waals surface area (Å²) in [6.45, 7) is -0.390. The van der Waals surface area contributed by atoms with Gasteiger partial charge in [0, 0.05) is 47.7 Å². The number of nitrogens with zero attached hydrogens (tertiary/aromatic N) is 3. The molecule has 0 unspecified atom stereocenters. The molecule has 1 aliphatic carbocycles. The first-order chi connectivity index (χ1) is 38.1. The molecule has 8 amide bonds. The molecule has 0 spiro atoms. The second-order valence-corrected chi connectivity index (χ2v) is 19.6. The summed E-state index contributed by atoms with van der Waals surface area (Å²) in [6.07, 6.45) is -4.40. The molecule has 4 atom stereocenters. The highest BCUT2D eigenvalue weighted by atomic mass is 19.4. The quantitative estimate of drug-likeness (QED) is 0.0161. The summed E-state index contributed by atoms with van der Waals surface area (Å²) >= 11 is 0. The molecule has 3 aliphatic heterocycles. The largest absolute Gasteiger partial charge is 0.458 e. The summed E-state index contributed by atoms with van der Waals surface area (Å²) < 4.78 is 70.8. The van der Waals surface area contributed by atoms with E-state index in [-0.39, 0.29) is 90.8 Å². The highest BCUT2D eigenvalue weighted by molar-refractivity contribution is 6.12. The van der Waals surface area contributed by atoms with Gasteiger partial charge in [0.2, 0.25) is 35.6 Å². The number of unbranched alkanes of at least 4 members (excludes halogenated alkanes) is 2. The number of carbonyl (C=O) groups is 9. The molecule has 26 heteroatoms. The Labute approximate surface area is 453 Å². The highest BCUT2D eigenvalue weighted by Gasteiger charge is 2.49. The van der Waals surface area contributed by atoms with Gasteiger partial charge in [-0.3, -0.25) is 48.1 Å². The monoisotopic (exact) mass is 1120 g/mol. The number of alkyl halides is 3. The first-order valence-electron chi connectivity index (χ1n) is 25.8. The van der Waals surface area contributed by atoms with E-state index in [0.29, 0.717) is 35.8 Å². The highest BCUT2D eigenvalue weighted by Crippen LogP contribution is 2.46. The van der Waals surface area contributed by atoms with Gasteiger partial charge in [-0.15, -0.1) is 0 Å². The van der Waals surface area contributed by atoms with E-state index >= 15 is 4.39 Å². The molecule has 4 aromatic rings. The van der Waals surface area contributed by atoms with Crippen molar-refractivity contribution < 1.29 is 75.3 Å². The van der Waals surface area contributed by atoms with Crippen molar-refractivity contribution in [1.29, 1.82) is 0 Å². The van der Waals surface area contributed by atoms with E-state index in [1.807, 2.05) is 0 Å². The lowest BCUT2D eigenvalue weighted by molar-refractivity contribution is -0.220. The fourth-order valence-corrected chi connectivity index (χ4v) is 10.2. The normalized spacial score (nSPS) is 17.7. The maximum atomic E-state index is 15.4. The van der Waals surface area contributed by atoms with Crippen LogP contribution in [0.4, 0.5) is 17.6 Å². The van der Waals surface area contributed by atoms with E-state index in [1.165, 1.54) is 36.6 Å². The van der Waals surface area contributed by atoms with Crippen molar-refractivity contribution in [3.63, 3.8) is 0 Å². The summed E-state index contributed by atoms with van der Waals surface area (Å²) in [7, 11) is 0. The number of pyridine rings is 2. The Bertz CT molecular complexity index is 3260. The van der Waals surface area contributed by atoms with Gasteiger partial charge in [-0.25, -0.2) is 14.2 Å². The Kier molecular flexibility index (Phi) is 17.6. The predicted molar refractivity (Wildman–Crippen MR) is 272 cm³/mol. The molecule has 0 saturated heterocycles. The molecule has 424 valence electrons. The molecule has 0 bridgehead atoms. The number of aromatic nitrogens is 2. The minimum Gasteiger partial charge on any atom is -0.458 e. The van der Waals surface area contributed by atoms with E-state index in [2.05, 4.69) is 31.9 Å². The van der Waals surface area contributed by atoms with Gasteiger partial charge >= 0.3 is 12.1 Å². The van der Waals surface area contributed by atoms with Crippen LogP contribution < -0.4 is 37.5 Å². The number of hydrogen-bond acceptors (Lipinski definition) is 14. The van der Waals surface area contributed by atoms with Crippen molar-refractivity contribution in [3.8, 4) is 11.4 Å². The topological polar surface area (TPSA) is 303 Å². The minimum atomic E-state index is -5.33. The van der Waals surface area contributed by atoms with Crippen molar-refractivity contribution in [2.75, 3.05) is 32.9 Å². The van der Waals surface area contributed by atoms with Crippen LogP contribution in [0.3, 0.4) is 0 Å². The van der Waals surface area contributed by atoms with Crippen molar-refractivity contribution in [2.45, 2.75) is 115 Å². The number of amides is 8. The van der Waals surface area contributed by atoms with Crippen LogP contribution in [-0.2, 0) is 84.2 Å². The number of rotatable bonds is 23. The van der Waals surface area contributed by atoms with Crippen LogP contribution in [-0.4, -0.2) is 124 Å². The molecule has 4 aliphatic rings. The van der Waals surface area contributed by atoms with Gasteiger partial charge in [0.15, 0.2) is 5.60 Å². The number of halogens is 4. The standard InChI is InChI=1S/C54H57F4N9O13/c1-3-53(78)33-20-38-47-31(25-67(38)51(76)32(33)26-79-52(53)77)46-35(16-14-30-28(2)34(55)21-37(64-47)45(30)46)65-50(75)48(54(56,57)58)80-27-62-41(70)23-61-49(74)36(15-13-29-10-6-4-7-11-29)63-42(71)24-60-40(69)22-59-39(68)12-8-5-9-19-66-43(72)17-18-44(66)73/h4,6-7,10-11,17-18,20-21,35-36,48,78H,3,5,8-9,12-16,19,22-27H2,1-2H3,(H,59,68)(H,60,69)(H,61,74)(H,62,70)(H,63,71)(H,65,75)/t35-,36-,48+,53-/m0/s1. The van der Waals surface area contributed by atoms with Crippen LogP contribution in [0.5, 0.6) is 0 Å². The number of carbonyl (C=O) groups excluding carboxylic acids is 9. The first-order valence-corrected chi connectivity index (χ1v) is 25.8. The lowest BCUT2D eigenvalue weighted by atomic mass is 9.81. The fraction of sp³-hybridized carbons (Fsp3) is 0.426. The predicted octanol–water partition coefficient (Wildman–Crippen LogP) is 1.60. The van der Waals surface area contributed by atoms with Crippen LogP contribution in [0, 0.1) is 12.7 Å². The van der Waals surface area contributed by atoms with E-state index in [4.69, 9.17) is 14.5 Å². The summed E-state index contributed by atoms with van der Waals surface area (Å²) in [5.41, 5.74) is -0.271. The first kappa shape index (κ1) is 57.8. The zero-order chi connectivity index (χ0) is 57.6. The molecule has 2 aromatic heterocycles. The van der Waals surface area contributed by atoms with Crippen molar-refractivity contribution in [1.82, 2.24) is 46.4 Å². The Balaban J connectivity index is 0.856. The van der Waals surface area contributed by atoms with E-state index in [1.54, 1.807) is 30.3 Å². The number of esters is 1. The molecular formula is C54H57F4N9O13. The van der Waals surface area contributed by atoms with Gasteiger partial charge in [-0.2, -0.15) is 13.2 Å². The zero-order valence-corrected chi connectivity index (χ0v) is 43.4. The van der Waals surface area contributed by atoms with E-state index in [9.17, 15) is 66.2 Å². The number of benzene rings is 2. The Morgan fingerprint density at radius 3 is 2.26 bits per heavy atom. The molecule has 8 rings (SSSR count). The maximum Gasteiger partial charge on any atom is 0.423 e. The van der Waals surface area contributed by atoms with Crippen LogP contribution in [0.1, 0.15) is 96.9 Å². The fourth-order valence-electron chi connectivity index (χ4n) is 10.2. The zero-order valence-electron chi connectivity index (χ0n) is 43.4. The molecule has 5 heterocycles. The second-order valence-electron chi connectivity index (χ2n) is 19.6. The summed E-state index contributed by atoms with van der Waals surface area (Å²) in [5.74, 6) is -7.91. The van der Waals surface area contributed by atoms with Gasteiger partial charge in [-0.1, -0.05) is 43.7 Å². The number of hydrogen-bond donors (Lipinski definition) is 7. The molecule has 2 aromatic carbocycles. The second kappa shape index (κ2) is 24.3. The number of aliphatic hydroxyl groups is 1. The smallest absolute Gasteiger partial charge is 0.423 e. The number of nitrogens with one attached hydrogen (secondary N) is 6. The Morgan fingerprint density at radius 1 is 0.863 bits per heavy atom. The molecule has 80 heavy (non-hydrogen) atoms. The molecule has 7 N–H and O–H groups in total. The van der Waals surface area contributed by atoms with Gasteiger partial charge < -0.3 is 51.0 Å². The average molecular weight is 1120 g/mol. The molecule has 0 fully saturated rings. The number of ether oxygens (including phenoxy) is 2. The summed E-state index contributed by atoms with van der Waals surface area (Å²) in [5, 5.41) is 25.8. The third kappa shape index (κ3) is 12.5. The van der Waals surface area contributed by atoms with Crippen LogP contribution >= 0.6 is 0 Å². The summed E-state index contributed by atoms with van der Waals surface area (Å²) in [6, 6.07) is 8.94. The number of cyclic esters (lactones) is 1. The van der Waals surface area contributed by atoms with Crippen molar-refractivity contribution in [2.24, 2.45) is 0 Å². The Morgan fingerprint density at radius 2 is 1.55 bits per heavy atom. The molecule has 0 radical (unpaired) electrons. The lowest BCUT2D eigenvalue weighted by Gasteiger charge is -2.31. The maximum absolute atomic E-state index is 15.4. The van der Waals surface area contributed by atoms with Gasteiger partial charge in [0.05, 0.1) is 54.7 Å². The third-order valence-corrected chi connectivity index (χ3v) is 14.5. The number of imide groups is 1. The third-order valence-electron chi connectivity index (χ3n) is 14.5.